The molecule has 1 aliphatic heterocycles. The number of hydrogen-bond donors (Lipinski definition) is 1. The Morgan fingerprint density at radius 2 is 2.31 bits per heavy atom. The van der Waals surface area contributed by atoms with E-state index in [1.165, 1.54) is 4.90 Å². The second-order valence-electron chi connectivity index (χ2n) is 4.19. The van der Waals surface area contributed by atoms with E-state index < -0.39 is 5.92 Å². The highest BCUT2D eigenvalue weighted by molar-refractivity contribution is 5.92. The van der Waals surface area contributed by atoms with Crippen LogP contribution in [0.15, 0.2) is 11.8 Å². The number of nitriles is 1. The maximum atomic E-state index is 12.0. The molecule has 2 unspecified atom stereocenters. The summed E-state index contributed by atoms with van der Waals surface area (Å²) in [6, 6.07) is 2.16. The van der Waals surface area contributed by atoms with Gasteiger partial charge in [-0.15, -0.1) is 0 Å². The highest BCUT2D eigenvalue weighted by Gasteiger charge is 2.38. The van der Waals surface area contributed by atoms with E-state index in [1.54, 1.807) is 7.05 Å². The van der Waals surface area contributed by atoms with E-state index in [0.717, 1.165) is 6.42 Å². The van der Waals surface area contributed by atoms with Gasteiger partial charge in [0.25, 0.3) is 0 Å². The number of fused-ring (bicyclic) bond motifs is 1. The minimum Gasteiger partial charge on any atom is -0.336 e. The fourth-order valence-corrected chi connectivity index (χ4v) is 2.23. The standard InChI is InChI=1S/C11H13N3O2/c1-14-6-9(15)13-8-4-2-3-7(5-12)10(8)11(14)16/h4,7,10H,2-3,6H2,1H3,(H,13,15). The van der Waals surface area contributed by atoms with Gasteiger partial charge in [-0.05, 0) is 12.8 Å². The van der Waals surface area contributed by atoms with Gasteiger partial charge in [0.2, 0.25) is 11.8 Å². The molecule has 0 saturated carbocycles. The third-order valence-corrected chi connectivity index (χ3v) is 3.05. The lowest BCUT2D eigenvalue weighted by atomic mass is 9.81. The zero-order valence-electron chi connectivity index (χ0n) is 9.06. The molecule has 0 aromatic carbocycles. The van der Waals surface area contributed by atoms with Crippen LogP contribution in [0.1, 0.15) is 12.8 Å². The fourth-order valence-electron chi connectivity index (χ4n) is 2.23. The average molecular weight is 219 g/mol. The number of likely N-dealkylation sites (N-methyl/N-ethyl adjacent to an activating group) is 1. The normalized spacial score (nSPS) is 29.8. The molecule has 1 heterocycles. The molecule has 2 rings (SSSR count). The van der Waals surface area contributed by atoms with E-state index in [2.05, 4.69) is 11.4 Å². The molecule has 0 aromatic rings. The molecular weight excluding hydrogens is 206 g/mol. The molecule has 2 amide bonds. The predicted molar refractivity (Wildman–Crippen MR) is 55.7 cm³/mol. The molecule has 2 aliphatic rings. The Balaban J connectivity index is 2.38. The maximum Gasteiger partial charge on any atom is 0.243 e. The number of hydrogen-bond acceptors (Lipinski definition) is 3. The third kappa shape index (κ3) is 1.67. The smallest absolute Gasteiger partial charge is 0.243 e. The van der Waals surface area contributed by atoms with E-state index in [1.807, 2.05) is 6.08 Å². The van der Waals surface area contributed by atoms with Gasteiger partial charge in [0.15, 0.2) is 0 Å². The minimum absolute atomic E-state index is 0.0603. The lowest BCUT2D eigenvalue weighted by Crippen LogP contribution is -2.37. The monoisotopic (exact) mass is 219 g/mol. The number of amides is 2. The summed E-state index contributed by atoms with van der Waals surface area (Å²) >= 11 is 0. The van der Waals surface area contributed by atoms with E-state index in [9.17, 15) is 9.59 Å². The molecule has 2 atom stereocenters. The van der Waals surface area contributed by atoms with Crippen molar-refractivity contribution in [2.75, 3.05) is 13.6 Å². The van der Waals surface area contributed by atoms with Crippen LogP contribution in [-0.2, 0) is 9.59 Å². The second-order valence-corrected chi connectivity index (χ2v) is 4.19. The third-order valence-electron chi connectivity index (χ3n) is 3.05. The van der Waals surface area contributed by atoms with Crippen LogP contribution in [0.25, 0.3) is 0 Å². The van der Waals surface area contributed by atoms with Crippen LogP contribution in [0.3, 0.4) is 0 Å². The molecule has 5 nitrogen and oxygen atoms in total. The molecule has 5 heteroatoms. The number of carbonyl (C=O) groups is 2. The van der Waals surface area contributed by atoms with E-state index in [-0.39, 0.29) is 24.3 Å². The molecule has 1 aliphatic carbocycles. The van der Waals surface area contributed by atoms with Crippen LogP contribution in [-0.4, -0.2) is 30.3 Å². The summed E-state index contributed by atoms with van der Waals surface area (Å²) < 4.78 is 0. The molecule has 0 aromatic heterocycles. The van der Waals surface area contributed by atoms with Crippen LogP contribution in [0.2, 0.25) is 0 Å². The van der Waals surface area contributed by atoms with Crippen molar-refractivity contribution in [3.05, 3.63) is 11.8 Å². The molecule has 0 spiro atoms. The van der Waals surface area contributed by atoms with Crippen molar-refractivity contribution in [2.24, 2.45) is 11.8 Å². The van der Waals surface area contributed by atoms with Crippen molar-refractivity contribution in [2.45, 2.75) is 12.8 Å². The van der Waals surface area contributed by atoms with Crippen molar-refractivity contribution in [3.63, 3.8) is 0 Å². The highest BCUT2D eigenvalue weighted by Crippen LogP contribution is 2.31. The number of allylic oxidation sites excluding steroid dienone is 1. The van der Waals surface area contributed by atoms with Crippen molar-refractivity contribution >= 4 is 11.8 Å². The fraction of sp³-hybridized carbons (Fsp3) is 0.545. The van der Waals surface area contributed by atoms with E-state index in [4.69, 9.17) is 5.26 Å². The van der Waals surface area contributed by atoms with Crippen molar-refractivity contribution < 1.29 is 9.59 Å². The summed E-state index contributed by atoms with van der Waals surface area (Å²) in [5.74, 6) is -1.15. The Morgan fingerprint density at radius 1 is 1.56 bits per heavy atom. The summed E-state index contributed by atoms with van der Waals surface area (Å²) in [6.45, 7) is 0.0603. The number of rotatable bonds is 0. The first kappa shape index (κ1) is 10.7. The maximum absolute atomic E-state index is 12.0. The quantitative estimate of drug-likeness (QED) is 0.623. The van der Waals surface area contributed by atoms with Gasteiger partial charge in [-0.3, -0.25) is 9.59 Å². The number of nitrogens with zero attached hydrogens (tertiary/aromatic N) is 2. The zero-order chi connectivity index (χ0) is 11.7. The van der Waals surface area contributed by atoms with Crippen LogP contribution in [0.4, 0.5) is 0 Å². The predicted octanol–water partition coefficient (Wildman–Crippen LogP) is 0.00828. The second kappa shape index (κ2) is 3.97. The highest BCUT2D eigenvalue weighted by atomic mass is 16.2. The lowest BCUT2D eigenvalue weighted by molar-refractivity contribution is -0.135. The summed E-state index contributed by atoms with van der Waals surface area (Å²) in [5, 5.41) is 11.7. The van der Waals surface area contributed by atoms with Gasteiger partial charge in [0.05, 0.1) is 24.4 Å². The Kier molecular flexibility index (Phi) is 2.65. The van der Waals surface area contributed by atoms with Gasteiger partial charge in [-0.25, -0.2) is 0 Å². The first-order valence-electron chi connectivity index (χ1n) is 5.28. The molecule has 1 N–H and O–H groups in total. The van der Waals surface area contributed by atoms with Crippen molar-refractivity contribution in [1.29, 1.82) is 5.26 Å². The SMILES string of the molecule is CN1CC(=O)NC2=CCCC(C#N)C2C1=O. The zero-order valence-corrected chi connectivity index (χ0v) is 9.06. The van der Waals surface area contributed by atoms with Crippen LogP contribution >= 0.6 is 0 Å². The largest absolute Gasteiger partial charge is 0.336 e. The molecule has 16 heavy (non-hydrogen) atoms. The first-order chi connectivity index (χ1) is 7.63. The van der Waals surface area contributed by atoms with Gasteiger partial charge in [0.1, 0.15) is 0 Å². The van der Waals surface area contributed by atoms with Crippen molar-refractivity contribution in [1.82, 2.24) is 10.2 Å². The van der Waals surface area contributed by atoms with Gasteiger partial charge >= 0.3 is 0 Å². The average Bonchev–Trinajstić information content (AvgIpc) is 2.36. The molecule has 0 radical (unpaired) electrons. The summed E-state index contributed by atoms with van der Waals surface area (Å²) in [4.78, 5) is 24.9. The summed E-state index contributed by atoms with van der Waals surface area (Å²) in [6.07, 6.45) is 3.27. The number of nitrogens with one attached hydrogen (secondary N) is 1. The van der Waals surface area contributed by atoms with Crippen LogP contribution in [0, 0.1) is 23.2 Å². The van der Waals surface area contributed by atoms with Crippen LogP contribution < -0.4 is 5.32 Å². The van der Waals surface area contributed by atoms with Gasteiger partial charge in [0, 0.05) is 12.7 Å². The summed E-state index contributed by atoms with van der Waals surface area (Å²) in [7, 11) is 1.59. The molecule has 1 saturated heterocycles. The topological polar surface area (TPSA) is 73.2 Å². The molecule has 1 fully saturated rings. The Hall–Kier alpha value is -1.83. The Bertz CT molecular complexity index is 408. The molecular formula is C11H13N3O2. The molecule has 84 valence electrons. The van der Waals surface area contributed by atoms with Crippen LogP contribution in [0.5, 0.6) is 0 Å². The van der Waals surface area contributed by atoms with Gasteiger partial charge in [-0.2, -0.15) is 5.26 Å². The van der Waals surface area contributed by atoms with Gasteiger partial charge in [-0.1, -0.05) is 6.08 Å². The Morgan fingerprint density at radius 3 is 3.00 bits per heavy atom. The van der Waals surface area contributed by atoms with E-state index >= 15 is 0 Å². The first-order valence-corrected chi connectivity index (χ1v) is 5.28. The van der Waals surface area contributed by atoms with Gasteiger partial charge < -0.3 is 10.2 Å². The number of carbonyl (C=O) groups excluding carboxylic acids is 2. The Labute approximate surface area is 93.7 Å². The summed E-state index contributed by atoms with van der Waals surface area (Å²) in [5.41, 5.74) is 0.608. The minimum atomic E-state index is -0.491. The molecule has 0 bridgehead atoms. The van der Waals surface area contributed by atoms with E-state index in [0.29, 0.717) is 12.1 Å². The van der Waals surface area contributed by atoms with Crippen molar-refractivity contribution in [3.8, 4) is 6.07 Å². The lowest BCUT2D eigenvalue weighted by Gasteiger charge is -2.26.